The lowest BCUT2D eigenvalue weighted by molar-refractivity contribution is 0.0950. The van der Waals surface area contributed by atoms with Crippen LogP contribution in [0.25, 0.3) is 0 Å². The molecular weight excluding hydrogens is 316 g/mol. The highest BCUT2D eigenvalue weighted by Gasteiger charge is 2.13. The number of nitrogens with one attached hydrogen (secondary N) is 1. The maximum atomic E-state index is 12.3. The molecule has 0 radical (unpaired) electrons. The summed E-state index contributed by atoms with van der Waals surface area (Å²) in [5.74, 6) is 1.61. The number of benzene rings is 1. The summed E-state index contributed by atoms with van der Waals surface area (Å²) in [5, 5.41) is 2.94. The van der Waals surface area contributed by atoms with Gasteiger partial charge in [-0.2, -0.15) is 0 Å². The zero-order valence-electron chi connectivity index (χ0n) is 15.8. The summed E-state index contributed by atoms with van der Waals surface area (Å²) in [6.07, 6.45) is 3.08. The van der Waals surface area contributed by atoms with E-state index in [0.29, 0.717) is 24.0 Å². The molecule has 0 atom stereocenters. The molecule has 134 valence electrons. The number of amides is 1. The maximum Gasteiger partial charge on any atom is 0.254 e. The highest BCUT2D eigenvalue weighted by molar-refractivity contribution is 5.93. The lowest BCUT2D eigenvalue weighted by atomic mass is 9.96. The van der Waals surface area contributed by atoms with E-state index in [1.807, 2.05) is 27.1 Å². The van der Waals surface area contributed by atoms with Crippen LogP contribution in [0.1, 0.15) is 46.8 Å². The van der Waals surface area contributed by atoms with E-state index in [1.165, 1.54) is 12.4 Å². The number of rotatable bonds is 6. The van der Waals surface area contributed by atoms with Crippen molar-refractivity contribution in [2.24, 2.45) is 0 Å². The summed E-state index contributed by atoms with van der Waals surface area (Å²) in [6, 6.07) is 4.12. The Labute approximate surface area is 149 Å². The van der Waals surface area contributed by atoms with E-state index in [9.17, 15) is 4.79 Å². The maximum absolute atomic E-state index is 12.3. The second-order valence-electron chi connectivity index (χ2n) is 6.52. The van der Waals surface area contributed by atoms with Gasteiger partial charge in [0.05, 0.1) is 12.7 Å². The summed E-state index contributed by atoms with van der Waals surface area (Å²) in [4.78, 5) is 22.4. The molecule has 2 aromatic rings. The minimum Gasteiger partial charge on any atom is -0.496 e. The molecule has 6 heteroatoms. The van der Waals surface area contributed by atoms with Gasteiger partial charge in [-0.25, -0.2) is 9.97 Å². The molecule has 0 aliphatic heterocycles. The Morgan fingerprint density at radius 2 is 1.88 bits per heavy atom. The molecule has 0 aliphatic carbocycles. The fourth-order valence-electron chi connectivity index (χ4n) is 2.51. The number of carbonyl (C=O) groups is 1. The minimum atomic E-state index is -0.188. The summed E-state index contributed by atoms with van der Waals surface area (Å²) in [7, 11) is 5.39. The van der Waals surface area contributed by atoms with Crippen LogP contribution in [0.2, 0.25) is 0 Å². The van der Waals surface area contributed by atoms with Gasteiger partial charge in [0, 0.05) is 33.0 Å². The zero-order chi connectivity index (χ0) is 18.6. The molecule has 1 amide bonds. The Bertz CT molecular complexity index is 740. The Morgan fingerprint density at radius 3 is 2.40 bits per heavy atom. The van der Waals surface area contributed by atoms with Gasteiger partial charge >= 0.3 is 0 Å². The van der Waals surface area contributed by atoms with Crippen LogP contribution in [0.5, 0.6) is 5.75 Å². The van der Waals surface area contributed by atoms with E-state index in [2.05, 4.69) is 35.2 Å². The number of hydrogen-bond acceptors (Lipinski definition) is 5. The number of carbonyl (C=O) groups excluding carboxylic acids is 1. The van der Waals surface area contributed by atoms with E-state index in [4.69, 9.17) is 4.74 Å². The monoisotopic (exact) mass is 342 g/mol. The summed E-state index contributed by atoms with van der Waals surface area (Å²) in [6.45, 7) is 6.71. The Morgan fingerprint density at radius 1 is 1.24 bits per heavy atom. The molecule has 6 nitrogen and oxygen atoms in total. The third kappa shape index (κ3) is 4.47. The molecule has 1 aromatic carbocycles. The molecule has 0 aliphatic rings. The molecule has 25 heavy (non-hydrogen) atoms. The van der Waals surface area contributed by atoms with Crippen molar-refractivity contribution in [3.63, 3.8) is 0 Å². The molecular formula is C19H26N4O2. The lowest BCUT2D eigenvalue weighted by Gasteiger charge is -2.16. The zero-order valence-corrected chi connectivity index (χ0v) is 15.8. The average molecular weight is 342 g/mol. The van der Waals surface area contributed by atoms with E-state index in [0.717, 1.165) is 22.4 Å². The van der Waals surface area contributed by atoms with Crippen LogP contribution in [0.4, 0.5) is 5.95 Å². The Hall–Kier alpha value is -2.63. The first kappa shape index (κ1) is 18.7. The number of aromatic nitrogens is 2. The molecule has 0 saturated heterocycles. The molecule has 2 rings (SSSR count). The van der Waals surface area contributed by atoms with Crippen molar-refractivity contribution in [3.8, 4) is 5.75 Å². The molecule has 0 bridgehead atoms. The third-order valence-electron chi connectivity index (χ3n) is 4.05. The summed E-state index contributed by atoms with van der Waals surface area (Å²) in [5.41, 5.74) is 3.74. The Balaban J connectivity index is 2.12. The van der Waals surface area contributed by atoms with Gasteiger partial charge < -0.3 is 15.0 Å². The van der Waals surface area contributed by atoms with Gasteiger partial charge in [0.15, 0.2) is 0 Å². The first-order chi connectivity index (χ1) is 11.8. The van der Waals surface area contributed by atoms with Crippen LogP contribution in [0.3, 0.4) is 0 Å². The van der Waals surface area contributed by atoms with E-state index in [-0.39, 0.29) is 5.91 Å². The van der Waals surface area contributed by atoms with E-state index >= 15 is 0 Å². The second-order valence-corrected chi connectivity index (χ2v) is 6.52. The molecule has 0 spiro atoms. The van der Waals surface area contributed by atoms with Crippen molar-refractivity contribution >= 4 is 11.9 Å². The number of ether oxygens (including phenoxy) is 1. The summed E-state index contributed by atoms with van der Waals surface area (Å²) < 4.78 is 5.46. The van der Waals surface area contributed by atoms with E-state index in [1.54, 1.807) is 12.0 Å². The number of aryl methyl sites for hydroxylation is 1. The first-order valence-corrected chi connectivity index (χ1v) is 8.28. The largest absolute Gasteiger partial charge is 0.496 e. The highest BCUT2D eigenvalue weighted by Crippen LogP contribution is 2.29. The van der Waals surface area contributed by atoms with Gasteiger partial charge in [0.2, 0.25) is 5.95 Å². The summed E-state index contributed by atoms with van der Waals surface area (Å²) >= 11 is 0. The van der Waals surface area contributed by atoms with Crippen molar-refractivity contribution in [3.05, 3.63) is 46.8 Å². The van der Waals surface area contributed by atoms with Crippen LogP contribution >= 0.6 is 0 Å². The lowest BCUT2D eigenvalue weighted by Crippen LogP contribution is -2.24. The van der Waals surface area contributed by atoms with Gasteiger partial charge in [0.25, 0.3) is 5.91 Å². The van der Waals surface area contributed by atoms with Crippen molar-refractivity contribution in [1.29, 1.82) is 0 Å². The van der Waals surface area contributed by atoms with Gasteiger partial charge in [-0.15, -0.1) is 0 Å². The van der Waals surface area contributed by atoms with Crippen molar-refractivity contribution in [2.75, 3.05) is 26.1 Å². The number of nitrogens with zero attached hydrogens (tertiary/aromatic N) is 3. The van der Waals surface area contributed by atoms with Crippen molar-refractivity contribution in [2.45, 2.75) is 33.2 Å². The van der Waals surface area contributed by atoms with Crippen LogP contribution < -0.4 is 15.0 Å². The number of anilines is 1. The topological polar surface area (TPSA) is 67.3 Å². The second kappa shape index (κ2) is 7.96. The molecule has 1 aromatic heterocycles. The average Bonchev–Trinajstić information content (AvgIpc) is 2.59. The normalized spacial score (nSPS) is 10.7. The fraction of sp³-hybridized carbons (Fsp3) is 0.421. The van der Waals surface area contributed by atoms with Gasteiger partial charge in [0.1, 0.15) is 5.75 Å². The Kier molecular flexibility index (Phi) is 5.96. The van der Waals surface area contributed by atoms with Crippen LogP contribution in [-0.2, 0) is 6.54 Å². The number of hydrogen-bond donors (Lipinski definition) is 1. The first-order valence-electron chi connectivity index (χ1n) is 8.28. The fourth-order valence-corrected chi connectivity index (χ4v) is 2.51. The standard InChI is InChI=1S/C19H26N4O2/c1-12(2)16-8-14(13(3)7-17(16)25-6)9-20-18(24)15-10-21-19(22-11-15)23(4)5/h7-8,10-12H,9H2,1-6H3,(H,20,24). The van der Waals surface area contributed by atoms with Crippen molar-refractivity contribution < 1.29 is 9.53 Å². The molecule has 1 N–H and O–H groups in total. The predicted octanol–water partition coefficient (Wildman–Crippen LogP) is 2.91. The smallest absolute Gasteiger partial charge is 0.254 e. The van der Waals surface area contributed by atoms with Crippen molar-refractivity contribution in [1.82, 2.24) is 15.3 Å². The molecule has 0 fully saturated rings. The van der Waals surface area contributed by atoms with Crippen LogP contribution in [-0.4, -0.2) is 37.1 Å². The molecule has 0 unspecified atom stereocenters. The van der Waals surface area contributed by atoms with Gasteiger partial charge in [-0.1, -0.05) is 13.8 Å². The number of methoxy groups -OCH3 is 1. The molecule has 1 heterocycles. The van der Waals surface area contributed by atoms with Gasteiger partial charge in [-0.3, -0.25) is 4.79 Å². The minimum absolute atomic E-state index is 0.188. The molecule has 0 saturated carbocycles. The van der Waals surface area contributed by atoms with Crippen LogP contribution in [0.15, 0.2) is 24.5 Å². The SMILES string of the molecule is COc1cc(C)c(CNC(=O)c2cnc(N(C)C)nc2)cc1C(C)C. The van der Waals surface area contributed by atoms with Gasteiger partial charge in [-0.05, 0) is 41.7 Å². The highest BCUT2D eigenvalue weighted by atomic mass is 16.5. The van der Waals surface area contributed by atoms with E-state index < -0.39 is 0 Å². The van der Waals surface area contributed by atoms with Crippen LogP contribution in [0, 0.1) is 6.92 Å². The third-order valence-corrected chi connectivity index (χ3v) is 4.05. The quantitative estimate of drug-likeness (QED) is 0.874. The predicted molar refractivity (Wildman–Crippen MR) is 99.3 cm³/mol.